The molecule has 0 radical (unpaired) electrons. The molecule has 1 heterocycles. The lowest BCUT2D eigenvalue weighted by Crippen LogP contribution is -2.26. The fourth-order valence-corrected chi connectivity index (χ4v) is 5.01. The van der Waals surface area contributed by atoms with Gasteiger partial charge in [0.15, 0.2) is 0 Å². The van der Waals surface area contributed by atoms with Gasteiger partial charge in [-0.05, 0) is 44.7 Å². The third kappa shape index (κ3) is 3.29. The molecule has 6 heteroatoms. The predicted octanol–water partition coefficient (Wildman–Crippen LogP) is 5.01. The first-order chi connectivity index (χ1) is 13.5. The van der Waals surface area contributed by atoms with Crippen molar-refractivity contribution in [1.29, 1.82) is 0 Å². The number of nitrogens with one attached hydrogen (secondary N) is 1. The predicted molar refractivity (Wildman–Crippen MR) is 108 cm³/mol. The van der Waals surface area contributed by atoms with E-state index in [-0.39, 0.29) is 23.0 Å². The number of aromatic nitrogens is 1. The molecular weight excluding hydrogens is 359 g/mol. The highest BCUT2D eigenvalue weighted by Crippen LogP contribution is 2.35. The van der Waals surface area contributed by atoms with E-state index in [1.165, 1.54) is 12.5 Å². The molecule has 150 valence electrons. The minimum Gasteiger partial charge on any atom is -0.477 e. The van der Waals surface area contributed by atoms with Gasteiger partial charge in [0.25, 0.3) is 0 Å². The molecular formula is C22H27FN2O3. The van der Waals surface area contributed by atoms with E-state index in [1.807, 2.05) is 4.57 Å². The van der Waals surface area contributed by atoms with E-state index in [9.17, 15) is 19.1 Å². The van der Waals surface area contributed by atoms with E-state index in [0.29, 0.717) is 16.9 Å². The molecule has 2 aliphatic carbocycles. The summed E-state index contributed by atoms with van der Waals surface area (Å²) in [6.07, 6.45) is 9.58. The molecule has 2 fully saturated rings. The lowest BCUT2D eigenvalue weighted by Gasteiger charge is -2.26. The van der Waals surface area contributed by atoms with Crippen molar-refractivity contribution < 1.29 is 14.3 Å². The van der Waals surface area contributed by atoms with E-state index in [4.69, 9.17) is 0 Å². The number of hydrogen-bond donors (Lipinski definition) is 2. The van der Waals surface area contributed by atoms with Gasteiger partial charge in [0.05, 0.1) is 11.2 Å². The number of rotatable bonds is 4. The van der Waals surface area contributed by atoms with Crippen molar-refractivity contribution in [2.24, 2.45) is 0 Å². The van der Waals surface area contributed by atoms with E-state index in [1.54, 1.807) is 13.0 Å². The second-order valence-corrected chi connectivity index (χ2v) is 8.23. The van der Waals surface area contributed by atoms with E-state index in [0.717, 1.165) is 51.4 Å². The molecule has 2 N–H and O–H groups in total. The van der Waals surface area contributed by atoms with Crippen molar-refractivity contribution in [3.63, 3.8) is 0 Å². The van der Waals surface area contributed by atoms with Crippen molar-refractivity contribution in [2.75, 3.05) is 5.32 Å². The van der Waals surface area contributed by atoms with Gasteiger partial charge in [0.2, 0.25) is 5.43 Å². The molecule has 2 saturated carbocycles. The Bertz CT molecular complexity index is 970. The van der Waals surface area contributed by atoms with Gasteiger partial charge in [-0.3, -0.25) is 4.79 Å². The molecule has 0 amide bonds. The Morgan fingerprint density at radius 1 is 1.11 bits per heavy atom. The zero-order chi connectivity index (χ0) is 19.8. The van der Waals surface area contributed by atoms with Crippen LogP contribution in [0.1, 0.15) is 79.9 Å². The second kappa shape index (κ2) is 7.57. The van der Waals surface area contributed by atoms with Crippen molar-refractivity contribution in [3.05, 3.63) is 39.4 Å². The molecule has 4 rings (SSSR count). The van der Waals surface area contributed by atoms with Crippen molar-refractivity contribution in [3.8, 4) is 0 Å². The van der Waals surface area contributed by atoms with Crippen molar-refractivity contribution in [2.45, 2.75) is 76.8 Å². The van der Waals surface area contributed by atoms with Crippen LogP contribution in [0.25, 0.3) is 10.9 Å². The SMILES string of the molecule is Cc1c(C(=O)O)c(=O)c2cc(F)c(NC3CCCCC3)cc2n1C1CCCC1. The average Bonchev–Trinajstić information content (AvgIpc) is 3.18. The number of halogens is 1. The zero-order valence-corrected chi connectivity index (χ0v) is 16.3. The summed E-state index contributed by atoms with van der Waals surface area (Å²) in [6.45, 7) is 1.69. The van der Waals surface area contributed by atoms with Gasteiger partial charge in [-0.2, -0.15) is 0 Å². The maximum Gasteiger partial charge on any atom is 0.341 e. The first-order valence-electron chi connectivity index (χ1n) is 10.4. The number of fused-ring (bicyclic) bond motifs is 1. The lowest BCUT2D eigenvalue weighted by molar-refractivity contribution is 0.0693. The quantitative estimate of drug-likeness (QED) is 0.775. The number of benzene rings is 1. The largest absolute Gasteiger partial charge is 0.477 e. The normalized spacial score (nSPS) is 18.6. The molecule has 1 aromatic carbocycles. The highest BCUT2D eigenvalue weighted by molar-refractivity contribution is 5.95. The third-order valence-corrected chi connectivity index (χ3v) is 6.41. The maximum absolute atomic E-state index is 14.8. The van der Waals surface area contributed by atoms with Gasteiger partial charge in [0, 0.05) is 23.2 Å². The van der Waals surface area contributed by atoms with Crippen LogP contribution in [0.15, 0.2) is 16.9 Å². The molecule has 0 aliphatic heterocycles. The summed E-state index contributed by atoms with van der Waals surface area (Å²) >= 11 is 0. The van der Waals surface area contributed by atoms with Crippen molar-refractivity contribution >= 4 is 22.6 Å². The van der Waals surface area contributed by atoms with Crippen LogP contribution in [0.2, 0.25) is 0 Å². The Kier molecular flexibility index (Phi) is 5.13. The van der Waals surface area contributed by atoms with Gasteiger partial charge in [0.1, 0.15) is 11.4 Å². The van der Waals surface area contributed by atoms with Gasteiger partial charge in [-0.1, -0.05) is 32.1 Å². The Labute approximate surface area is 163 Å². The number of carboxylic acid groups (broad SMARTS) is 1. The number of aromatic carboxylic acids is 1. The molecule has 2 aliphatic rings. The molecule has 0 saturated heterocycles. The molecule has 2 aromatic rings. The fourth-order valence-electron chi connectivity index (χ4n) is 5.01. The smallest absolute Gasteiger partial charge is 0.341 e. The summed E-state index contributed by atoms with van der Waals surface area (Å²) in [6, 6.07) is 3.33. The van der Waals surface area contributed by atoms with Crippen LogP contribution in [-0.2, 0) is 0 Å². The second-order valence-electron chi connectivity index (χ2n) is 8.23. The Morgan fingerprint density at radius 3 is 2.39 bits per heavy atom. The Hall–Kier alpha value is -2.37. The number of pyridine rings is 1. The monoisotopic (exact) mass is 386 g/mol. The molecule has 0 atom stereocenters. The van der Waals surface area contributed by atoms with Crippen LogP contribution in [0.3, 0.4) is 0 Å². The standard InChI is InChI=1S/C22H27FN2O3/c1-13-20(22(27)28)21(26)16-11-17(23)18(24-14-7-3-2-4-8-14)12-19(16)25(13)15-9-5-6-10-15/h11-12,14-15,24H,2-10H2,1H3,(H,27,28). The summed E-state index contributed by atoms with van der Waals surface area (Å²) in [4.78, 5) is 24.6. The summed E-state index contributed by atoms with van der Waals surface area (Å²) in [5.41, 5.74) is 0.670. The van der Waals surface area contributed by atoms with Gasteiger partial charge < -0.3 is 15.0 Å². The van der Waals surface area contributed by atoms with Gasteiger partial charge in [-0.25, -0.2) is 9.18 Å². The van der Waals surface area contributed by atoms with E-state index < -0.39 is 17.2 Å². The van der Waals surface area contributed by atoms with Crippen LogP contribution in [0.4, 0.5) is 10.1 Å². The van der Waals surface area contributed by atoms with Crippen LogP contribution in [-0.4, -0.2) is 21.7 Å². The first kappa shape index (κ1) is 19.0. The minimum absolute atomic E-state index is 0.147. The number of nitrogens with zero attached hydrogens (tertiary/aromatic N) is 1. The van der Waals surface area contributed by atoms with Crippen LogP contribution < -0.4 is 10.7 Å². The molecule has 0 bridgehead atoms. The highest BCUT2D eigenvalue weighted by Gasteiger charge is 2.26. The molecule has 5 nitrogen and oxygen atoms in total. The third-order valence-electron chi connectivity index (χ3n) is 6.41. The number of carbonyl (C=O) groups is 1. The zero-order valence-electron chi connectivity index (χ0n) is 16.3. The fraction of sp³-hybridized carbons (Fsp3) is 0.545. The minimum atomic E-state index is -1.25. The van der Waals surface area contributed by atoms with Gasteiger partial charge >= 0.3 is 5.97 Å². The highest BCUT2D eigenvalue weighted by atomic mass is 19.1. The van der Waals surface area contributed by atoms with Crippen LogP contribution in [0, 0.1) is 12.7 Å². The summed E-state index contributed by atoms with van der Waals surface area (Å²) < 4.78 is 16.8. The first-order valence-corrected chi connectivity index (χ1v) is 10.4. The summed E-state index contributed by atoms with van der Waals surface area (Å²) in [5, 5.41) is 13.1. The molecule has 1 aromatic heterocycles. The van der Waals surface area contributed by atoms with E-state index in [2.05, 4.69) is 5.32 Å². The van der Waals surface area contributed by atoms with E-state index >= 15 is 0 Å². The number of carboxylic acids is 1. The average molecular weight is 386 g/mol. The summed E-state index contributed by atoms with van der Waals surface area (Å²) in [5.74, 6) is -1.74. The topological polar surface area (TPSA) is 71.3 Å². The van der Waals surface area contributed by atoms with Gasteiger partial charge in [-0.15, -0.1) is 0 Å². The lowest BCUT2D eigenvalue weighted by atomic mass is 9.95. The Balaban J connectivity index is 1.90. The van der Waals surface area contributed by atoms with Crippen molar-refractivity contribution in [1.82, 2.24) is 4.57 Å². The molecule has 28 heavy (non-hydrogen) atoms. The van der Waals surface area contributed by atoms with Crippen LogP contribution >= 0.6 is 0 Å². The van der Waals surface area contributed by atoms with Crippen LogP contribution in [0.5, 0.6) is 0 Å². The molecule has 0 spiro atoms. The number of hydrogen-bond acceptors (Lipinski definition) is 3. The summed E-state index contributed by atoms with van der Waals surface area (Å²) in [7, 11) is 0. The maximum atomic E-state index is 14.8. The Morgan fingerprint density at radius 2 is 1.75 bits per heavy atom. The molecule has 0 unspecified atom stereocenters. The number of anilines is 1.